The Labute approximate surface area is 187 Å². The lowest BCUT2D eigenvalue weighted by Gasteiger charge is -2.14. The molecule has 4 nitrogen and oxygen atoms in total. The van der Waals surface area contributed by atoms with Crippen LogP contribution in [0.4, 0.5) is 17.2 Å². The van der Waals surface area contributed by atoms with Gasteiger partial charge in [-0.2, -0.15) is 0 Å². The average Bonchev–Trinajstić information content (AvgIpc) is 3.10. The Morgan fingerprint density at radius 1 is 1.00 bits per heavy atom. The van der Waals surface area contributed by atoms with Gasteiger partial charge in [0, 0.05) is 34.3 Å². The van der Waals surface area contributed by atoms with E-state index in [0.29, 0.717) is 32.7 Å². The molecule has 0 saturated carbocycles. The predicted octanol–water partition coefficient (Wildman–Crippen LogP) is 7.02. The van der Waals surface area contributed by atoms with E-state index in [9.17, 15) is 4.79 Å². The van der Waals surface area contributed by atoms with Crippen molar-refractivity contribution in [1.29, 1.82) is 0 Å². The zero-order valence-electron chi connectivity index (χ0n) is 15.6. The average molecular weight is 452 g/mol. The standard InChI is InChI=1S/C23H15Cl2N3OS/c24-17-11-13(19-8-9-20(25)30-19)6-7-15(17)22(29)16-4-1-5-18-21(16)28-23-14(12-27-18)3-2-10-26-23/h1-11,27H,12H2,(H,26,28). The summed E-state index contributed by atoms with van der Waals surface area (Å²) in [5.74, 6) is 0.585. The highest BCUT2D eigenvalue weighted by molar-refractivity contribution is 7.19. The molecule has 148 valence electrons. The lowest BCUT2D eigenvalue weighted by atomic mass is 9.99. The van der Waals surface area contributed by atoms with E-state index in [1.807, 2.05) is 42.5 Å². The molecule has 4 aromatic rings. The summed E-state index contributed by atoms with van der Waals surface area (Å²) in [7, 11) is 0. The van der Waals surface area contributed by atoms with Crippen molar-refractivity contribution < 1.29 is 4.79 Å². The molecule has 0 amide bonds. The highest BCUT2D eigenvalue weighted by Gasteiger charge is 2.22. The first-order valence-corrected chi connectivity index (χ1v) is 10.8. The fraction of sp³-hybridized carbons (Fsp3) is 0.0435. The van der Waals surface area contributed by atoms with Gasteiger partial charge in [0.05, 0.1) is 20.7 Å². The number of nitrogens with zero attached hydrogens (tertiary/aromatic N) is 1. The van der Waals surface area contributed by atoms with Crippen molar-refractivity contribution in [3.63, 3.8) is 0 Å². The molecule has 2 aromatic carbocycles. The van der Waals surface area contributed by atoms with Crippen molar-refractivity contribution in [3.8, 4) is 10.4 Å². The van der Waals surface area contributed by atoms with Crippen molar-refractivity contribution in [2.45, 2.75) is 6.54 Å². The second-order valence-corrected chi connectivity index (χ2v) is 8.97. The molecule has 3 heterocycles. The number of thiophene rings is 1. The van der Waals surface area contributed by atoms with Crippen LogP contribution in [0.25, 0.3) is 10.4 Å². The van der Waals surface area contributed by atoms with Gasteiger partial charge in [0.1, 0.15) is 5.82 Å². The van der Waals surface area contributed by atoms with Gasteiger partial charge in [-0.3, -0.25) is 4.79 Å². The number of carbonyl (C=O) groups is 1. The van der Waals surface area contributed by atoms with Crippen LogP contribution < -0.4 is 10.6 Å². The first-order chi connectivity index (χ1) is 14.6. The molecular weight excluding hydrogens is 437 g/mol. The molecule has 2 aromatic heterocycles. The number of pyridine rings is 1. The SMILES string of the molecule is O=C(c1ccc(-c2ccc(Cl)s2)cc1Cl)c1cccc2c1Nc1ncccc1CN2. The highest BCUT2D eigenvalue weighted by Crippen LogP contribution is 2.37. The van der Waals surface area contributed by atoms with Gasteiger partial charge in [0.25, 0.3) is 0 Å². The van der Waals surface area contributed by atoms with Crippen LogP contribution in [0.15, 0.2) is 66.9 Å². The number of rotatable bonds is 3. The highest BCUT2D eigenvalue weighted by atomic mass is 35.5. The summed E-state index contributed by atoms with van der Waals surface area (Å²) in [6.07, 6.45) is 1.73. The molecule has 30 heavy (non-hydrogen) atoms. The van der Waals surface area contributed by atoms with Crippen LogP contribution in [0, 0.1) is 0 Å². The Bertz CT molecular complexity index is 1290. The number of aromatic nitrogens is 1. The van der Waals surface area contributed by atoms with Crippen molar-refractivity contribution in [1.82, 2.24) is 4.98 Å². The molecule has 7 heteroatoms. The monoisotopic (exact) mass is 451 g/mol. The van der Waals surface area contributed by atoms with Crippen LogP contribution in [-0.2, 0) is 6.54 Å². The number of benzene rings is 2. The molecule has 0 unspecified atom stereocenters. The van der Waals surface area contributed by atoms with Crippen molar-refractivity contribution in [2.24, 2.45) is 0 Å². The van der Waals surface area contributed by atoms with Crippen LogP contribution in [0.3, 0.4) is 0 Å². The van der Waals surface area contributed by atoms with Gasteiger partial charge < -0.3 is 10.6 Å². The van der Waals surface area contributed by atoms with Gasteiger partial charge in [-0.1, -0.05) is 41.4 Å². The quantitative estimate of drug-likeness (QED) is 0.328. The van der Waals surface area contributed by atoms with Crippen LogP contribution >= 0.6 is 34.5 Å². The molecule has 0 radical (unpaired) electrons. The van der Waals surface area contributed by atoms with E-state index in [-0.39, 0.29) is 5.78 Å². The Kier molecular flexibility index (Phi) is 4.95. The van der Waals surface area contributed by atoms with Crippen LogP contribution in [0.1, 0.15) is 21.5 Å². The summed E-state index contributed by atoms with van der Waals surface area (Å²) >= 11 is 14.0. The fourth-order valence-electron chi connectivity index (χ4n) is 3.49. The van der Waals surface area contributed by atoms with Crippen molar-refractivity contribution >= 4 is 57.5 Å². The maximum atomic E-state index is 13.4. The maximum Gasteiger partial charge on any atom is 0.196 e. The number of ketones is 1. The summed E-state index contributed by atoms with van der Waals surface area (Å²) < 4.78 is 0.709. The van der Waals surface area contributed by atoms with Crippen LogP contribution in [0.2, 0.25) is 9.36 Å². The molecule has 2 N–H and O–H groups in total. The van der Waals surface area contributed by atoms with E-state index in [2.05, 4.69) is 15.6 Å². The number of anilines is 3. The van der Waals surface area contributed by atoms with Crippen molar-refractivity contribution in [3.05, 3.63) is 92.9 Å². The Hall–Kier alpha value is -2.86. The number of carbonyl (C=O) groups excluding carboxylic acids is 1. The first kappa shape index (κ1) is 19.1. The fourth-order valence-corrected chi connectivity index (χ4v) is 4.80. The predicted molar refractivity (Wildman–Crippen MR) is 124 cm³/mol. The van der Waals surface area contributed by atoms with E-state index in [4.69, 9.17) is 23.2 Å². The Balaban J connectivity index is 1.54. The summed E-state index contributed by atoms with van der Waals surface area (Å²) in [6, 6.07) is 18.8. The van der Waals surface area contributed by atoms with E-state index in [1.165, 1.54) is 11.3 Å². The van der Waals surface area contributed by atoms with Crippen LogP contribution in [-0.4, -0.2) is 10.8 Å². The molecule has 1 aliphatic rings. The molecule has 0 aliphatic carbocycles. The van der Waals surface area contributed by atoms with Gasteiger partial charge in [-0.15, -0.1) is 11.3 Å². The van der Waals surface area contributed by atoms with Gasteiger partial charge >= 0.3 is 0 Å². The van der Waals surface area contributed by atoms with Gasteiger partial charge in [0.15, 0.2) is 5.78 Å². The zero-order chi connectivity index (χ0) is 20.7. The van der Waals surface area contributed by atoms with Gasteiger partial charge in [0.2, 0.25) is 0 Å². The topological polar surface area (TPSA) is 54.0 Å². The number of para-hydroxylation sites is 1. The number of fused-ring (bicyclic) bond motifs is 2. The third kappa shape index (κ3) is 3.45. The minimum atomic E-state index is -0.152. The van der Waals surface area contributed by atoms with Gasteiger partial charge in [-0.25, -0.2) is 4.98 Å². The maximum absolute atomic E-state index is 13.4. The van der Waals surface area contributed by atoms with Crippen molar-refractivity contribution in [2.75, 3.05) is 10.6 Å². The summed E-state index contributed by atoms with van der Waals surface area (Å²) in [6.45, 7) is 0.625. The largest absolute Gasteiger partial charge is 0.379 e. The Morgan fingerprint density at radius 3 is 2.70 bits per heavy atom. The number of nitrogens with one attached hydrogen (secondary N) is 2. The number of halogens is 2. The van der Waals surface area contributed by atoms with E-state index in [0.717, 1.165) is 27.5 Å². The summed E-state index contributed by atoms with van der Waals surface area (Å²) in [4.78, 5) is 18.8. The molecule has 0 bridgehead atoms. The molecule has 0 saturated heterocycles. The minimum absolute atomic E-state index is 0.152. The zero-order valence-corrected chi connectivity index (χ0v) is 17.9. The van der Waals surface area contributed by atoms with E-state index < -0.39 is 0 Å². The molecular formula is C23H15Cl2N3OS. The second-order valence-electron chi connectivity index (χ2n) is 6.85. The molecule has 0 fully saturated rings. The third-order valence-corrected chi connectivity index (χ3v) is 6.58. The minimum Gasteiger partial charge on any atom is -0.379 e. The second kappa shape index (κ2) is 7.76. The first-order valence-electron chi connectivity index (χ1n) is 9.28. The lowest BCUT2D eigenvalue weighted by Crippen LogP contribution is -2.07. The van der Waals surface area contributed by atoms with E-state index >= 15 is 0 Å². The van der Waals surface area contributed by atoms with Gasteiger partial charge in [-0.05, 0) is 48.0 Å². The Morgan fingerprint density at radius 2 is 1.90 bits per heavy atom. The van der Waals surface area contributed by atoms with E-state index in [1.54, 1.807) is 24.4 Å². The molecule has 0 spiro atoms. The summed E-state index contributed by atoms with van der Waals surface area (Å²) in [5, 5.41) is 7.11. The number of hydrogen-bond donors (Lipinski definition) is 2. The molecule has 5 rings (SSSR count). The normalized spacial score (nSPS) is 12.2. The summed E-state index contributed by atoms with van der Waals surface area (Å²) in [5.41, 5.74) is 4.49. The molecule has 0 atom stereocenters. The van der Waals surface area contributed by atoms with Crippen LogP contribution in [0.5, 0.6) is 0 Å². The number of hydrogen-bond acceptors (Lipinski definition) is 5. The lowest BCUT2D eigenvalue weighted by molar-refractivity contribution is 0.103. The smallest absolute Gasteiger partial charge is 0.196 e. The molecule has 1 aliphatic heterocycles. The third-order valence-electron chi connectivity index (χ3n) is 4.98.